The summed E-state index contributed by atoms with van der Waals surface area (Å²) in [6.07, 6.45) is -5.93. The maximum absolute atomic E-state index is 11.4. The van der Waals surface area contributed by atoms with Gasteiger partial charge < -0.3 is 28.8 Å². The third-order valence-corrected chi connectivity index (χ3v) is 4.18. The molecule has 0 spiro atoms. The van der Waals surface area contributed by atoms with E-state index in [-0.39, 0.29) is 18.9 Å². The number of aliphatic hydroxyl groups is 1. The van der Waals surface area contributed by atoms with Crippen molar-refractivity contribution in [2.75, 3.05) is 13.7 Å². The summed E-state index contributed by atoms with van der Waals surface area (Å²) in [5.41, 5.74) is 0.250. The number of carbonyl (C=O) groups is 2. The van der Waals surface area contributed by atoms with Crippen LogP contribution in [0.2, 0.25) is 0 Å². The minimum Gasteiger partial charge on any atom is -0.455 e. The summed E-state index contributed by atoms with van der Waals surface area (Å²) in [5.74, 6) is -1.36. The van der Waals surface area contributed by atoms with Crippen molar-refractivity contribution in [3.05, 3.63) is 39.9 Å². The summed E-state index contributed by atoms with van der Waals surface area (Å²) in [5, 5.41) is 21.6. The SMILES string of the molecule is CO[C@H]1O[C@H](COCc2ccccc2[N+](=O)[O-])[C@@H](O)[C@H](OC(C)=O)[C@@H]1OC(C)=O. The fourth-order valence-electron chi connectivity index (χ4n) is 2.96. The molecule has 1 heterocycles. The van der Waals surface area contributed by atoms with Crippen molar-refractivity contribution in [2.24, 2.45) is 0 Å². The van der Waals surface area contributed by atoms with E-state index in [9.17, 15) is 24.8 Å². The van der Waals surface area contributed by atoms with E-state index in [0.717, 1.165) is 13.8 Å². The van der Waals surface area contributed by atoms with Crippen molar-refractivity contribution in [1.82, 2.24) is 0 Å². The third-order valence-electron chi connectivity index (χ3n) is 4.18. The number of hydrogen-bond acceptors (Lipinski definition) is 10. The van der Waals surface area contributed by atoms with E-state index < -0.39 is 47.6 Å². The molecule has 0 bridgehead atoms. The number of ether oxygens (including phenoxy) is 5. The number of methoxy groups -OCH3 is 1. The zero-order valence-electron chi connectivity index (χ0n) is 16.2. The molecule has 1 aliphatic rings. The molecule has 11 nitrogen and oxygen atoms in total. The number of para-hydroxylation sites is 1. The Bertz CT molecular complexity index is 739. The van der Waals surface area contributed by atoms with Crippen LogP contribution >= 0.6 is 0 Å². The predicted molar refractivity (Wildman–Crippen MR) is 95.5 cm³/mol. The molecule has 1 fully saturated rings. The van der Waals surface area contributed by atoms with Crippen molar-refractivity contribution >= 4 is 17.6 Å². The van der Waals surface area contributed by atoms with Crippen LogP contribution in [0.3, 0.4) is 0 Å². The van der Waals surface area contributed by atoms with Crippen LogP contribution in [-0.4, -0.2) is 66.4 Å². The summed E-state index contributed by atoms with van der Waals surface area (Å²) in [6.45, 7) is 2.02. The largest absolute Gasteiger partial charge is 0.455 e. The normalized spacial score (nSPS) is 26.6. The Hall–Kier alpha value is -2.60. The van der Waals surface area contributed by atoms with Gasteiger partial charge in [-0.05, 0) is 6.07 Å². The van der Waals surface area contributed by atoms with Gasteiger partial charge in [-0.15, -0.1) is 0 Å². The summed E-state index contributed by atoms with van der Waals surface area (Å²) in [4.78, 5) is 33.4. The Morgan fingerprint density at radius 2 is 1.79 bits per heavy atom. The molecule has 5 atom stereocenters. The molecule has 2 rings (SSSR count). The van der Waals surface area contributed by atoms with Crippen molar-refractivity contribution in [2.45, 2.75) is 51.2 Å². The average Bonchev–Trinajstić information content (AvgIpc) is 2.66. The lowest BCUT2D eigenvalue weighted by molar-refractivity contribution is -0.386. The molecule has 29 heavy (non-hydrogen) atoms. The number of aliphatic hydroxyl groups excluding tert-OH is 1. The lowest BCUT2D eigenvalue weighted by Gasteiger charge is -2.42. The topological polar surface area (TPSA) is 144 Å². The highest BCUT2D eigenvalue weighted by Crippen LogP contribution is 2.27. The number of hydrogen-bond donors (Lipinski definition) is 1. The highest BCUT2D eigenvalue weighted by Gasteiger charge is 2.49. The molecule has 160 valence electrons. The molecular formula is C18H23NO10. The first-order chi connectivity index (χ1) is 13.7. The Balaban J connectivity index is 2.09. The van der Waals surface area contributed by atoms with Crippen LogP contribution in [0.1, 0.15) is 19.4 Å². The monoisotopic (exact) mass is 413 g/mol. The van der Waals surface area contributed by atoms with Gasteiger partial charge in [0.05, 0.1) is 23.7 Å². The first-order valence-corrected chi connectivity index (χ1v) is 8.75. The molecule has 0 unspecified atom stereocenters. The second-order valence-corrected chi connectivity index (χ2v) is 6.32. The number of benzene rings is 1. The Kier molecular flexibility index (Phi) is 8.02. The quantitative estimate of drug-likeness (QED) is 0.367. The smallest absolute Gasteiger partial charge is 0.303 e. The second-order valence-electron chi connectivity index (χ2n) is 6.32. The molecule has 1 N–H and O–H groups in total. The number of nitro groups is 1. The van der Waals surface area contributed by atoms with E-state index >= 15 is 0 Å². The number of rotatable bonds is 8. The summed E-state index contributed by atoms with van der Waals surface area (Å²) in [6, 6.07) is 6.08. The van der Waals surface area contributed by atoms with E-state index in [2.05, 4.69) is 0 Å². The van der Waals surface area contributed by atoms with Gasteiger partial charge in [-0.25, -0.2) is 0 Å². The zero-order chi connectivity index (χ0) is 21.6. The van der Waals surface area contributed by atoms with Gasteiger partial charge in [0, 0.05) is 27.0 Å². The van der Waals surface area contributed by atoms with E-state index in [1.165, 1.54) is 19.2 Å². The van der Waals surface area contributed by atoms with Gasteiger partial charge in [0.2, 0.25) is 0 Å². The molecule has 0 aromatic heterocycles. The van der Waals surface area contributed by atoms with Gasteiger partial charge >= 0.3 is 11.9 Å². The van der Waals surface area contributed by atoms with Crippen molar-refractivity contribution < 1.29 is 43.3 Å². The minimum atomic E-state index is -1.39. The van der Waals surface area contributed by atoms with Gasteiger partial charge in [-0.1, -0.05) is 12.1 Å². The van der Waals surface area contributed by atoms with E-state index in [0.29, 0.717) is 5.56 Å². The molecule has 0 amide bonds. The highest BCUT2D eigenvalue weighted by atomic mass is 16.7. The van der Waals surface area contributed by atoms with Gasteiger partial charge in [0.1, 0.15) is 12.2 Å². The molecule has 1 aromatic rings. The van der Waals surface area contributed by atoms with E-state index in [4.69, 9.17) is 23.7 Å². The number of esters is 2. The average molecular weight is 413 g/mol. The van der Waals surface area contributed by atoms with Gasteiger partial charge in [0.25, 0.3) is 5.69 Å². The first kappa shape index (κ1) is 22.7. The highest BCUT2D eigenvalue weighted by molar-refractivity contribution is 5.67. The van der Waals surface area contributed by atoms with E-state index in [1.54, 1.807) is 12.1 Å². The number of nitro benzene ring substituents is 1. The molecule has 0 radical (unpaired) electrons. The Morgan fingerprint density at radius 3 is 2.38 bits per heavy atom. The van der Waals surface area contributed by atoms with Crippen LogP contribution in [-0.2, 0) is 39.9 Å². The first-order valence-electron chi connectivity index (χ1n) is 8.75. The van der Waals surface area contributed by atoms with Crippen LogP contribution in [0.15, 0.2) is 24.3 Å². The fourth-order valence-corrected chi connectivity index (χ4v) is 2.96. The molecule has 11 heteroatoms. The van der Waals surface area contributed by atoms with Crippen molar-refractivity contribution in [1.29, 1.82) is 0 Å². The molecule has 0 saturated carbocycles. The molecule has 0 aliphatic carbocycles. The molecule has 1 saturated heterocycles. The fraction of sp³-hybridized carbons (Fsp3) is 0.556. The van der Waals surface area contributed by atoms with E-state index in [1.807, 2.05) is 0 Å². The van der Waals surface area contributed by atoms with Crippen molar-refractivity contribution in [3.63, 3.8) is 0 Å². The standard InChI is InChI=1S/C18H23NO10/c1-10(20)27-16-15(22)14(29-18(25-3)17(16)28-11(2)21)9-26-8-12-6-4-5-7-13(12)19(23)24/h4-7,14-18,22H,8-9H2,1-3H3/t14-,15-,16+,17+,18+/m1/s1. The van der Waals surface area contributed by atoms with Crippen LogP contribution in [0.25, 0.3) is 0 Å². The lowest BCUT2D eigenvalue weighted by Crippen LogP contribution is -2.61. The summed E-state index contributed by atoms with van der Waals surface area (Å²) in [7, 11) is 1.30. The molecule has 1 aliphatic heterocycles. The maximum atomic E-state index is 11.4. The number of nitrogens with zero attached hydrogens (tertiary/aromatic N) is 1. The van der Waals surface area contributed by atoms with Crippen LogP contribution in [0, 0.1) is 10.1 Å². The van der Waals surface area contributed by atoms with Gasteiger partial charge in [-0.2, -0.15) is 0 Å². The second kappa shape index (κ2) is 10.3. The molecular weight excluding hydrogens is 390 g/mol. The summed E-state index contributed by atoms with van der Waals surface area (Å²) >= 11 is 0. The van der Waals surface area contributed by atoms with Gasteiger partial charge in [-0.3, -0.25) is 19.7 Å². The maximum Gasteiger partial charge on any atom is 0.303 e. The number of carbonyl (C=O) groups excluding carboxylic acids is 2. The van der Waals surface area contributed by atoms with Crippen LogP contribution in [0.4, 0.5) is 5.69 Å². The van der Waals surface area contributed by atoms with Crippen LogP contribution in [0.5, 0.6) is 0 Å². The van der Waals surface area contributed by atoms with Crippen LogP contribution < -0.4 is 0 Å². The lowest BCUT2D eigenvalue weighted by atomic mass is 9.98. The molecule has 1 aromatic carbocycles. The Labute approximate surface area is 166 Å². The summed E-state index contributed by atoms with van der Waals surface area (Å²) < 4.78 is 26.5. The van der Waals surface area contributed by atoms with Gasteiger partial charge in [0.15, 0.2) is 18.5 Å². The minimum absolute atomic E-state index is 0.0971. The third kappa shape index (κ3) is 5.94. The zero-order valence-corrected chi connectivity index (χ0v) is 16.2. The van der Waals surface area contributed by atoms with Crippen molar-refractivity contribution in [3.8, 4) is 0 Å². The predicted octanol–water partition coefficient (Wildman–Crippen LogP) is 0.707. The Morgan fingerprint density at radius 1 is 1.17 bits per heavy atom.